The third-order valence-electron chi connectivity index (χ3n) is 3.34. The van der Waals surface area contributed by atoms with Crippen molar-refractivity contribution in [2.75, 3.05) is 6.54 Å². The highest BCUT2D eigenvalue weighted by atomic mass is 19.4. The van der Waals surface area contributed by atoms with Crippen LogP contribution in [0.2, 0.25) is 0 Å². The van der Waals surface area contributed by atoms with Crippen LogP contribution >= 0.6 is 0 Å². The van der Waals surface area contributed by atoms with Gasteiger partial charge in [0.15, 0.2) is 0 Å². The number of nitrogens with zero attached hydrogens (tertiary/aromatic N) is 3. The summed E-state index contributed by atoms with van der Waals surface area (Å²) in [4.78, 5) is 0.433. The number of hydrogen-bond donors (Lipinski definition) is 0. The van der Waals surface area contributed by atoms with Gasteiger partial charge in [-0.15, -0.1) is 13.2 Å². The summed E-state index contributed by atoms with van der Waals surface area (Å²) >= 11 is 0. The first kappa shape index (κ1) is 16.1. The van der Waals surface area contributed by atoms with E-state index in [-0.39, 0.29) is 0 Å². The first-order chi connectivity index (χ1) is 9.00. The lowest BCUT2D eigenvalue weighted by Crippen LogP contribution is -2.47. The Morgan fingerprint density at radius 3 is 2.32 bits per heavy atom. The van der Waals surface area contributed by atoms with Gasteiger partial charge in [0.05, 0.1) is 0 Å². The second-order valence-corrected chi connectivity index (χ2v) is 4.95. The van der Waals surface area contributed by atoms with Gasteiger partial charge in [-0.2, -0.15) is 5.10 Å². The summed E-state index contributed by atoms with van der Waals surface area (Å²) in [6, 6.07) is 0. The molecule has 1 atom stereocenters. The summed E-state index contributed by atoms with van der Waals surface area (Å²) < 4.78 is 38.6. The van der Waals surface area contributed by atoms with Crippen LogP contribution in [-0.2, 0) is 0 Å². The van der Waals surface area contributed by atoms with Crippen LogP contribution < -0.4 is 0 Å². The second-order valence-electron chi connectivity index (χ2n) is 4.95. The Morgan fingerprint density at radius 1 is 1.05 bits per heavy atom. The molecule has 1 heterocycles. The molecule has 0 aromatic heterocycles. The van der Waals surface area contributed by atoms with Gasteiger partial charge in [0.25, 0.3) is 0 Å². The van der Waals surface area contributed by atoms with Crippen LogP contribution in [0.1, 0.15) is 58.8 Å². The predicted octanol–water partition coefficient (Wildman–Crippen LogP) is 4.16. The second kappa shape index (κ2) is 7.60. The maximum atomic E-state index is 12.9. The molecule has 0 aromatic carbocycles. The standard InChI is InChI=1S/C13H24F3N3/c1-3-5-7-8-10-19-12(9-6-4-2)18(11-17-19)13(14,15)16/h11-12H,3-10H2,1-2H3. The van der Waals surface area contributed by atoms with Gasteiger partial charge >= 0.3 is 6.30 Å². The quantitative estimate of drug-likeness (QED) is 0.490. The monoisotopic (exact) mass is 279 g/mol. The molecule has 3 nitrogen and oxygen atoms in total. The minimum absolute atomic E-state index is 0.433. The summed E-state index contributed by atoms with van der Waals surface area (Å²) in [5.41, 5.74) is 0. The fourth-order valence-corrected chi connectivity index (χ4v) is 2.24. The van der Waals surface area contributed by atoms with Crippen molar-refractivity contribution >= 4 is 6.34 Å². The molecule has 0 N–H and O–H groups in total. The zero-order valence-electron chi connectivity index (χ0n) is 11.8. The molecule has 0 spiro atoms. The molecule has 0 amide bonds. The molecule has 0 saturated carbocycles. The van der Waals surface area contributed by atoms with E-state index in [4.69, 9.17) is 0 Å². The lowest BCUT2D eigenvalue weighted by Gasteiger charge is -2.31. The maximum absolute atomic E-state index is 12.9. The topological polar surface area (TPSA) is 18.8 Å². The number of alkyl halides is 3. The summed E-state index contributed by atoms with van der Waals surface area (Å²) in [5, 5.41) is 5.53. The van der Waals surface area contributed by atoms with Gasteiger partial charge in [0.2, 0.25) is 0 Å². The van der Waals surface area contributed by atoms with Crippen LogP contribution in [0, 0.1) is 0 Å². The van der Waals surface area contributed by atoms with Gasteiger partial charge in [0.1, 0.15) is 12.5 Å². The van der Waals surface area contributed by atoms with Crippen LogP contribution in [0.5, 0.6) is 0 Å². The molecule has 1 aliphatic heterocycles. The van der Waals surface area contributed by atoms with E-state index in [9.17, 15) is 13.2 Å². The highest BCUT2D eigenvalue weighted by molar-refractivity contribution is 5.57. The van der Waals surface area contributed by atoms with Crippen molar-refractivity contribution in [2.24, 2.45) is 5.10 Å². The molecular weight excluding hydrogens is 255 g/mol. The lowest BCUT2D eigenvalue weighted by molar-refractivity contribution is -0.235. The van der Waals surface area contributed by atoms with Crippen LogP contribution in [0.25, 0.3) is 0 Å². The van der Waals surface area contributed by atoms with Gasteiger partial charge in [-0.05, 0) is 19.3 Å². The van der Waals surface area contributed by atoms with E-state index in [0.717, 1.165) is 44.9 Å². The number of halogens is 3. The molecule has 1 aliphatic rings. The Hall–Kier alpha value is -0.940. The van der Waals surface area contributed by atoms with E-state index in [1.54, 1.807) is 5.01 Å². The molecule has 6 heteroatoms. The van der Waals surface area contributed by atoms with Gasteiger partial charge in [-0.3, -0.25) is 9.91 Å². The van der Waals surface area contributed by atoms with Crippen LogP contribution in [0.4, 0.5) is 13.2 Å². The van der Waals surface area contributed by atoms with Crippen molar-refractivity contribution in [3.8, 4) is 0 Å². The zero-order chi connectivity index (χ0) is 14.3. The average molecular weight is 279 g/mol. The maximum Gasteiger partial charge on any atom is 0.487 e. The van der Waals surface area contributed by atoms with Gasteiger partial charge in [-0.1, -0.05) is 39.5 Å². The summed E-state index contributed by atoms with van der Waals surface area (Å²) in [6.45, 7) is 4.71. The number of hydrazone groups is 1. The van der Waals surface area contributed by atoms with E-state index in [2.05, 4.69) is 12.0 Å². The zero-order valence-corrected chi connectivity index (χ0v) is 11.8. The minimum atomic E-state index is -4.33. The summed E-state index contributed by atoms with van der Waals surface area (Å²) in [7, 11) is 0. The van der Waals surface area contributed by atoms with Gasteiger partial charge < -0.3 is 0 Å². The highest BCUT2D eigenvalue weighted by Gasteiger charge is 2.44. The molecule has 112 valence electrons. The highest BCUT2D eigenvalue weighted by Crippen LogP contribution is 2.30. The van der Waals surface area contributed by atoms with E-state index in [0.29, 0.717) is 17.9 Å². The molecule has 0 aliphatic carbocycles. The van der Waals surface area contributed by atoms with Crippen molar-refractivity contribution in [1.29, 1.82) is 0 Å². The molecule has 0 saturated heterocycles. The average Bonchev–Trinajstić information content (AvgIpc) is 2.75. The van der Waals surface area contributed by atoms with E-state index in [1.165, 1.54) is 0 Å². The van der Waals surface area contributed by atoms with E-state index < -0.39 is 12.5 Å². The molecule has 0 radical (unpaired) electrons. The molecular formula is C13H24F3N3. The van der Waals surface area contributed by atoms with Crippen molar-refractivity contribution < 1.29 is 13.2 Å². The van der Waals surface area contributed by atoms with Crippen LogP contribution in [0.15, 0.2) is 5.10 Å². The Bertz CT molecular complexity index is 279. The van der Waals surface area contributed by atoms with Crippen molar-refractivity contribution in [3.63, 3.8) is 0 Å². The van der Waals surface area contributed by atoms with Gasteiger partial charge in [-0.25, -0.2) is 0 Å². The smallest absolute Gasteiger partial charge is 0.273 e. The number of hydrogen-bond acceptors (Lipinski definition) is 3. The molecule has 19 heavy (non-hydrogen) atoms. The molecule has 0 fully saturated rings. The first-order valence-corrected chi connectivity index (χ1v) is 7.16. The lowest BCUT2D eigenvalue weighted by atomic mass is 10.1. The van der Waals surface area contributed by atoms with Gasteiger partial charge in [0, 0.05) is 6.54 Å². The molecule has 0 aromatic rings. The van der Waals surface area contributed by atoms with Crippen molar-refractivity contribution in [3.05, 3.63) is 0 Å². The molecule has 0 bridgehead atoms. The Kier molecular flexibility index (Phi) is 6.45. The van der Waals surface area contributed by atoms with Crippen molar-refractivity contribution in [2.45, 2.75) is 71.3 Å². The van der Waals surface area contributed by atoms with Crippen LogP contribution in [0.3, 0.4) is 0 Å². The summed E-state index contributed by atoms with van der Waals surface area (Å²) in [6.07, 6.45) is 2.33. The third kappa shape index (κ3) is 4.91. The fourth-order valence-electron chi connectivity index (χ4n) is 2.24. The number of rotatable bonds is 8. The minimum Gasteiger partial charge on any atom is -0.273 e. The Labute approximate surface area is 113 Å². The Morgan fingerprint density at radius 2 is 1.74 bits per heavy atom. The van der Waals surface area contributed by atoms with E-state index in [1.807, 2.05) is 6.92 Å². The predicted molar refractivity (Wildman–Crippen MR) is 70.5 cm³/mol. The SMILES string of the molecule is CCCCCCN1N=CN(C(F)(F)F)C1CCCC. The fraction of sp³-hybridized carbons (Fsp3) is 0.923. The number of unbranched alkanes of at least 4 members (excludes halogenated alkanes) is 4. The normalized spacial score (nSPS) is 19.5. The third-order valence-corrected chi connectivity index (χ3v) is 3.34. The largest absolute Gasteiger partial charge is 0.487 e. The molecule has 1 unspecified atom stereocenters. The summed E-state index contributed by atoms with van der Waals surface area (Å²) in [5.74, 6) is 0. The van der Waals surface area contributed by atoms with Crippen LogP contribution in [-0.4, -0.2) is 35.3 Å². The first-order valence-electron chi connectivity index (χ1n) is 7.16. The van der Waals surface area contributed by atoms with E-state index >= 15 is 0 Å². The Balaban J connectivity index is 2.52. The van der Waals surface area contributed by atoms with Crippen molar-refractivity contribution in [1.82, 2.24) is 9.91 Å². The molecule has 1 rings (SSSR count).